The van der Waals surface area contributed by atoms with E-state index in [9.17, 15) is 9.90 Å². The molecule has 0 fully saturated rings. The van der Waals surface area contributed by atoms with Crippen molar-refractivity contribution in [1.29, 1.82) is 0 Å². The molecule has 0 unspecified atom stereocenters. The molecule has 1 heterocycles. The predicted molar refractivity (Wildman–Crippen MR) is 93.5 cm³/mol. The highest BCUT2D eigenvalue weighted by atomic mass is 16.5. The van der Waals surface area contributed by atoms with Crippen molar-refractivity contribution in [1.82, 2.24) is 5.32 Å². The number of hydrogen-bond donors (Lipinski definition) is 2. The third-order valence-electron chi connectivity index (χ3n) is 3.88. The predicted octanol–water partition coefficient (Wildman–Crippen LogP) is 3.44. The molecule has 1 amide bonds. The van der Waals surface area contributed by atoms with Crippen molar-refractivity contribution in [2.24, 2.45) is 0 Å². The first-order valence-electron chi connectivity index (χ1n) is 7.91. The summed E-state index contributed by atoms with van der Waals surface area (Å²) in [5.74, 6) is 1.32. The van der Waals surface area contributed by atoms with Gasteiger partial charge in [-0.15, -0.1) is 0 Å². The van der Waals surface area contributed by atoms with Gasteiger partial charge in [0.25, 0.3) is 0 Å². The lowest BCUT2D eigenvalue weighted by Crippen LogP contribution is -2.30. The van der Waals surface area contributed by atoms with Crippen LogP contribution in [0.5, 0.6) is 11.5 Å². The second kappa shape index (κ2) is 7.57. The number of phenolic OH excluding ortho intramolecular Hbond substituents is 1. The van der Waals surface area contributed by atoms with Gasteiger partial charge in [0.15, 0.2) is 0 Å². The maximum absolute atomic E-state index is 12.5. The van der Waals surface area contributed by atoms with Gasteiger partial charge in [0.05, 0.1) is 19.8 Å². The smallest absolute Gasteiger partial charge is 0.225 e. The van der Waals surface area contributed by atoms with Crippen LogP contribution in [0.2, 0.25) is 0 Å². The van der Waals surface area contributed by atoms with Crippen LogP contribution in [0.1, 0.15) is 22.9 Å². The lowest BCUT2D eigenvalue weighted by Gasteiger charge is -2.19. The monoisotopic (exact) mass is 337 g/mol. The number of carbonyl (C=O) groups is 1. The zero-order valence-corrected chi connectivity index (χ0v) is 13.8. The normalized spacial score (nSPS) is 11.7. The molecule has 2 N–H and O–H groups in total. The Morgan fingerprint density at radius 1 is 1.12 bits per heavy atom. The first-order valence-corrected chi connectivity index (χ1v) is 7.91. The fourth-order valence-electron chi connectivity index (χ4n) is 2.67. The average molecular weight is 337 g/mol. The fraction of sp³-hybridized carbons (Fsp3) is 0.150. The van der Waals surface area contributed by atoms with Crippen molar-refractivity contribution >= 4 is 5.91 Å². The van der Waals surface area contributed by atoms with Gasteiger partial charge in [-0.1, -0.05) is 30.3 Å². The Hall–Kier alpha value is -3.21. The minimum Gasteiger partial charge on any atom is -0.508 e. The van der Waals surface area contributed by atoms with E-state index in [4.69, 9.17) is 9.15 Å². The molecule has 1 aromatic heterocycles. The highest BCUT2D eigenvalue weighted by molar-refractivity contribution is 5.79. The van der Waals surface area contributed by atoms with Gasteiger partial charge in [0, 0.05) is 5.56 Å². The number of carbonyl (C=O) groups excluding carboxylic acids is 1. The summed E-state index contributed by atoms with van der Waals surface area (Å²) in [5.41, 5.74) is 1.63. The molecule has 5 nitrogen and oxygen atoms in total. The number of amides is 1. The number of para-hydroxylation sites is 1. The molecule has 0 saturated heterocycles. The molecule has 3 rings (SSSR count). The average Bonchev–Trinajstić information content (AvgIpc) is 3.16. The van der Waals surface area contributed by atoms with Gasteiger partial charge in [-0.25, -0.2) is 0 Å². The molecule has 0 radical (unpaired) electrons. The third kappa shape index (κ3) is 4.01. The molecular weight excluding hydrogens is 318 g/mol. The van der Waals surface area contributed by atoms with Crippen LogP contribution >= 0.6 is 0 Å². The van der Waals surface area contributed by atoms with E-state index in [2.05, 4.69) is 5.32 Å². The molecule has 3 aromatic rings. The number of phenols is 1. The van der Waals surface area contributed by atoms with Gasteiger partial charge >= 0.3 is 0 Å². The summed E-state index contributed by atoms with van der Waals surface area (Å²) in [5, 5.41) is 12.3. The topological polar surface area (TPSA) is 71.7 Å². The number of nitrogens with one attached hydrogen (secondary N) is 1. The first-order chi connectivity index (χ1) is 12.2. The summed E-state index contributed by atoms with van der Waals surface area (Å²) in [4.78, 5) is 12.5. The Morgan fingerprint density at radius 3 is 2.56 bits per heavy atom. The number of ether oxygens (including phenoxy) is 1. The molecule has 0 bridgehead atoms. The maximum Gasteiger partial charge on any atom is 0.225 e. The highest BCUT2D eigenvalue weighted by Gasteiger charge is 2.22. The van der Waals surface area contributed by atoms with Gasteiger partial charge in [-0.05, 0) is 35.9 Å². The van der Waals surface area contributed by atoms with Crippen LogP contribution in [-0.4, -0.2) is 18.1 Å². The summed E-state index contributed by atoms with van der Waals surface area (Å²) < 4.78 is 10.9. The van der Waals surface area contributed by atoms with Crippen molar-refractivity contribution < 1.29 is 19.1 Å². The van der Waals surface area contributed by atoms with Crippen molar-refractivity contribution in [2.45, 2.75) is 12.5 Å². The zero-order chi connectivity index (χ0) is 17.6. The molecule has 0 aliphatic heterocycles. The molecular formula is C20H19NO4. The Morgan fingerprint density at radius 2 is 1.88 bits per heavy atom. The van der Waals surface area contributed by atoms with Gasteiger partial charge in [-0.3, -0.25) is 4.79 Å². The van der Waals surface area contributed by atoms with E-state index < -0.39 is 6.04 Å². The molecule has 25 heavy (non-hydrogen) atoms. The molecule has 0 aliphatic rings. The second-order valence-corrected chi connectivity index (χ2v) is 5.60. The third-order valence-corrected chi connectivity index (χ3v) is 3.88. The lowest BCUT2D eigenvalue weighted by molar-refractivity contribution is -0.121. The van der Waals surface area contributed by atoms with Crippen molar-refractivity contribution in [3.63, 3.8) is 0 Å². The summed E-state index contributed by atoms with van der Waals surface area (Å²) in [6, 6.07) is 17.2. The van der Waals surface area contributed by atoms with E-state index in [-0.39, 0.29) is 18.1 Å². The van der Waals surface area contributed by atoms with Gasteiger partial charge in [0.1, 0.15) is 23.3 Å². The summed E-state index contributed by atoms with van der Waals surface area (Å²) in [6.45, 7) is 0. The van der Waals surface area contributed by atoms with Crippen LogP contribution < -0.4 is 10.1 Å². The van der Waals surface area contributed by atoms with Crippen molar-refractivity contribution in [3.05, 3.63) is 83.8 Å². The quantitative estimate of drug-likeness (QED) is 0.723. The van der Waals surface area contributed by atoms with Crippen LogP contribution in [-0.2, 0) is 11.2 Å². The summed E-state index contributed by atoms with van der Waals surface area (Å²) in [7, 11) is 1.59. The maximum atomic E-state index is 12.5. The van der Waals surface area contributed by atoms with Crippen molar-refractivity contribution in [3.8, 4) is 11.5 Å². The minimum atomic E-state index is -0.448. The number of aromatic hydroxyl groups is 1. The van der Waals surface area contributed by atoms with Gasteiger partial charge in [0.2, 0.25) is 5.91 Å². The number of methoxy groups -OCH3 is 1. The summed E-state index contributed by atoms with van der Waals surface area (Å²) >= 11 is 0. The van der Waals surface area contributed by atoms with Crippen LogP contribution in [0.4, 0.5) is 0 Å². The number of rotatable bonds is 6. The van der Waals surface area contributed by atoms with Crippen LogP contribution in [0.3, 0.4) is 0 Å². The van der Waals surface area contributed by atoms with E-state index in [1.165, 1.54) is 0 Å². The van der Waals surface area contributed by atoms with E-state index >= 15 is 0 Å². The van der Waals surface area contributed by atoms with Crippen molar-refractivity contribution in [2.75, 3.05) is 7.11 Å². The van der Waals surface area contributed by atoms with E-state index in [0.717, 1.165) is 11.1 Å². The van der Waals surface area contributed by atoms with Gasteiger partial charge in [-0.2, -0.15) is 0 Å². The molecule has 0 spiro atoms. The molecule has 0 saturated carbocycles. The SMILES string of the molecule is COc1ccccc1[C@@H](NC(=O)Cc1ccc(O)cc1)c1ccco1. The highest BCUT2D eigenvalue weighted by Crippen LogP contribution is 2.30. The van der Waals surface area contributed by atoms with Gasteiger partial charge < -0.3 is 19.6 Å². The summed E-state index contributed by atoms with van der Waals surface area (Å²) in [6.07, 6.45) is 1.77. The lowest BCUT2D eigenvalue weighted by atomic mass is 10.0. The Labute approximate surface area is 145 Å². The zero-order valence-electron chi connectivity index (χ0n) is 13.8. The molecule has 2 aromatic carbocycles. The molecule has 0 aliphatic carbocycles. The Balaban J connectivity index is 1.83. The van der Waals surface area contributed by atoms with Crippen LogP contribution in [0.25, 0.3) is 0 Å². The van der Waals surface area contributed by atoms with Crippen LogP contribution in [0.15, 0.2) is 71.3 Å². The van der Waals surface area contributed by atoms with E-state index in [0.29, 0.717) is 11.5 Å². The fourth-order valence-corrected chi connectivity index (χ4v) is 2.67. The van der Waals surface area contributed by atoms with E-state index in [1.807, 2.05) is 30.3 Å². The molecule has 128 valence electrons. The van der Waals surface area contributed by atoms with E-state index in [1.54, 1.807) is 43.7 Å². The standard InChI is InChI=1S/C20H19NO4/c1-24-17-6-3-2-5-16(17)20(18-7-4-12-25-18)21-19(23)13-14-8-10-15(22)11-9-14/h2-12,20,22H,13H2,1H3,(H,21,23)/t20-/m1/s1. The number of hydrogen-bond acceptors (Lipinski definition) is 4. The Bertz CT molecular complexity index is 825. The molecule has 1 atom stereocenters. The second-order valence-electron chi connectivity index (χ2n) is 5.60. The molecule has 5 heteroatoms. The minimum absolute atomic E-state index is 0.155. The first kappa shape index (κ1) is 16.6. The van der Waals surface area contributed by atoms with Crippen LogP contribution in [0, 0.1) is 0 Å². The number of furan rings is 1. The number of benzene rings is 2. The largest absolute Gasteiger partial charge is 0.508 e. The Kier molecular flexibility index (Phi) is 5.04.